The first-order valence-electron chi connectivity index (χ1n) is 20.2. The lowest BCUT2D eigenvalue weighted by molar-refractivity contribution is 0.168. The lowest BCUT2D eigenvalue weighted by Crippen LogP contribution is -2.36. The highest BCUT2D eigenvalue weighted by Crippen LogP contribution is 2.36. The molecule has 2 aromatic carbocycles. The van der Waals surface area contributed by atoms with Crippen LogP contribution in [-0.4, -0.2) is 70.0 Å². The van der Waals surface area contributed by atoms with E-state index in [1.165, 1.54) is 37.1 Å². The van der Waals surface area contributed by atoms with E-state index < -0.39 is 28.0 Å². The molecule has 2 unspecified atom stereocenters. The number of hydrogen-bond acceptors (Lipinski definition) is 9. The van der Waals surface area contributed by atoms with Gasteiger partial charge in [-0.05, 0) is 110 Å². The standard InChI is InChI=1S/C21H30FN5O2S.C13H16FNO.C8H14N4OS/c1-13(2)17-9-15(22)10-18(14(3)4)20(17)23-21(28)25-30(29)19-11-16(26(5)24-19)12-27-7-6-8-27;1-8(2)11-5-10(14)6-12(9(3)4)13(11)16-7-15;1-11-7(6-12-3-2-4-12)5-8(10-11)14(9)13/h9-11,13-14H,6-8,12H2,1-5H3,(H2,23,25,28);5-6,8-9H,1-4H3;5H,2-4,6,9H2,1H3. The number of benzene rings is 2. The molecule has 328 valence electrons. The van der Waals surface area contributed by atoms with E-state index in [2.05, 4.69) is 30.0 Å². The van der Waals surface area contributed by atoms with Gasteiger partial charge in [-0.1, -0.05) is 55.4 Å². The van der Waals surface area contributed by atoms with E-state index in [-0.39, 0.29) is 35.3 Å². The molecule has 4 N–H and O–H groups in total. The highest BCUT2D eigenvalue weighted by molar-refractivity contribution is 7.83. The largest absolute Gasteiger partial charge is 0.387 e. The van der Waals surface area contributed by atoms with Crippen LogP contribution in [0.3, 0.4) is 0 Å². The molecule has 0 bridgehead atoms. The maximum absolute atomic E-state index is 14.1. The fourth-order valence-corrected chi connectivity index (χ4v) is 7.83. The van der Waals surface area contributed by atoms with Crippen molar-refractivity contribution in [2.24, 2.45) is 19.2 Å². The summed E-state index contributed by atoms with van der Waals surface area (Å²) in [6.45, 7) is 21.6. The molecule has 18 heteroatoms. The molecule has 2 aromatic heterocycles. The van der Waals surface area contributed by atoms with Crippen molar-refractivity contribution in [3.63, 3.8) is 0 Å². The number of rotatable bonds is 13. The molecule has 2 fully saturated rings. The van der Waals surface area contributed by atoms with Crippen LogP contribution in [0.25, 0.3) is 0 Å². The van der Waals surface area contributed by atoms with Crippen LogP contribution >= 0.6 is 0 Å². The quantitative estimate of drug-likeness (QED) is 0.116. The second-order valence-electron chi connectivity index (χ2n) is 16.3. The summed E-state index contributed by atoms with van der Waals surface area (Å²) in [4.78, 5) is 17.2. The Morgan fingerprint density at radius 3 is 1.50 bits per heavy atom. The van der Waals surface area contributed by atoms with Gasteiger partial charge in [-0.15, -0.1) is 5.26 Å². The number of likely N-dealkylation sites (tertiary alicyclic amines) is 2. The van der Waals surface area contributed by atoms with E-state index in [1.54, 1.807) is 28.7 Å². The molecule has 2 amide bonds. The number of carbonyl (C=O) groups is 1. The van der Waals surface area contributed by atoms with Crippen molar-refractivity contribution in [2.45, 2.75) is 115 Å². The van der Waals surface area contributed by atoms with Crippen LogP contribution < -0.4 is 19.9 Å². The van der Waals surface area contributed by atoms with E-state index in [1.807, 2.05) is 68.5 Å². The molecular formula is C42H60F2N10O4S2. The molecule has 2 aliphatic heterocycles. The first-order valence-corrected chi connectivity index (χ1v) is 22.5. The predicted octanol–water partition coefficient (Wildman–Crippen LogP) is 7.40. The first-order chi connectivity index (χ1) is 28.3. The van der Waals surface area contributed by atoms with Crippen LogP contribution in [0.2, 0.25) is 0 Å². The topological polar surface area (TPSA) is 176 Å². The van der Waals surface area contributed by atoms with Gasteiger partial charge in [0.1, 0.15) is 28.4 Å². The van der Waals surface area contributed by atoms with E-state index in [0.29, 0.717) is 32.6 Å². The van der Waals surface area contributed by atoms with Gasteiger partial charge in [0.15, 0.2) is 21.0 Å². The molecule has 0 saturated carbocycles. The molecule has 6 rings (SSSR count). The summed E-state index contributed by atoms with van der Waals surface area (Å²) < 4.78 is 62.0. The zero-order chi connectivity index (χ0) is 44.4. The maximum Gasteiger partial charge on any atom is 0.331 e. The second kappa shape index (κ2) is 21.8. The third-order valence-corrected chi connectivity index (χ3v) is 11.9. The van der Waals surface area contributed by atoms with E-state index >= 15 is 0 Å². The Balaban J connectivity index is 0.000000221. The number of anilines is 1. The number of carbonyl (C=O) groups excluding carboxylic acids is 1. The second-order valence-corrected chi connectivity index (χ2v) is 18.4. The van der Waals surface area contributed by atoms with Crippen LogP contribution in [0.15, 0.2) is 46.5 Å². The van der Waals surface area contributed by atoms with Crippen LogP contribution in [0, 0.1) is 23.2 Å². The third kappa shape index (κ3) is 13.0. The summed E-state index contributed by atoms with van der Waals surface area (Å²) in [6.07, 6.45) is 4.14. The minimum atomic E-state index is -1.80. The van der Waals surface area contributed by atoms with Gasteiger partial charge in [0.2, 0.25) is 0 Å². The number of amides is 2. The van der Waals surface area contributed by atoms with Crippen LogP contribution in [0.4, 0.5) is 19.3 Å². The van der Waals surface area contributed by atoms with Crippen molar-refractivity contribution < 1.29 is 26.7 Å². The van der Waals surface area contributed by atoms with Crippen molar-refractivity contribution in [3.8, 4) is 12.0 Å². The van der Waals surface area contributed by atoms with Crippen molar-refractivity contribution in [2.75, 3.05) is 31.5 Å². The summed E-state index contributed by atoms with van der Waals surface area (Å²) >= 11 is 0. The Morgan fingerprint density at radius 1 is 0.750 bits per heavy atom. The Bertz CT molecular complexity index is 2130. The van der Waals surface area contributed by atoms with Gasteiger partial charge in [0, 0.05) is 44.0 Å². The Hall–Kier alpha value is -4.54. The number of aryl methyl sites for hydroxylation is 2. The minimum absolute atomic E-state index is 0.0128. The SMILES string of the molecule is CC(C)c1cc(F)cc(C(C)C)c1NC(=O)NS(=O)c1cc(CN2CCC2)n(C)n1.CC(C)c1cc(F)cc(C(C)C)c1OC#N.Cn1nc(S(N)=O)cc1CN1CCC1. The van der Waals surface area contributed by atoms with Gasteiger partial charge < -0.3 is 10.1 Å². The number of ether oxygens (including phenoxy) is 1. The summed E-state index contributed by atoms with van der Waals surface area (Å²) in [7, 11) is 0.388. The smallest absolute Gasteiger partial charge is 0.331 e. The molecule has 60 heavy (non-hydrogen) atoms. The minimum Gasteiger partial charge on any atom is -0.387 e. The van der Waals surface area contributed by atoms with Gasteiger partial charge >= 0.3 is 6.03 Å². The molecule has 2 aliphatic rings. The Morgan fingerprint density at radius 2 is 1.15 bits per heavy atom. The van der Waals surface area contributed by atoms with E-state index in [9.17, 15) is 22.0 Å². The molecular weight excluding hydrogens is 811 g/mol. The van der Waals surface area contributed by atoms with Gasteiger partial charge in [0.25, 0.3) is 6.26 Å². The van der Waals surface area contributed by atoms with Crippen molar-refractivity contribution in [1.29, 1.82) is 5.26 Å². The summed E-state index contributed by atoms with van der Waals surface area (Å²) in [5.74, 6) is 0.164. The van der Waals surface area contributed by atoms with E-state index in [0.717, 1.165) is 61.8 Å². The van der Waals surface area contributed by atoms with E-state index in [4.69, 9.17) is 15.1 Å². The average molecular weight is 871 g/mol. The zero-order valence-corrected chi connectivity index (χ0v) is 38.0. The van der Waals surface area contributed by atoms with Gasteiger partial charge in [-0.2, -0.15) is 10.2 Å². The molecule has 2 saturated heterocycles. The molecule has 0 radical (unpaired) electrons. The van der Waals surface area contributed by atoms with Crippen LogP contribution in [0.1, 0.15) is 126 Å². The Labute approximate surface area is 358 Å². The fourth-order valence-electron chi connectivity index (χ4n) is 6.61. The monoisotopic (exact) mass is 870 g/mol. The molecule has 0 aliphatic carbocycles. The zero-order valence-electron chi connectivity index (χ0n) is 36.3. The highest BCUT2D eigenvalue weighted by Gasteiger charge is 2.23. The summed E-state index contributed by atoms with van der Waals surface area (Å²) in [5.41, 5.74) is 5.47. The summed E-state index contributed by atoms with van der Waals surface area (Å²) in [6, 6.07) is 8.69. The average Bonchev–Trinajstić information content (AvgIpc) is 3.70. The normalized spacial score (nSPS) is 15.0. The lowest BCUT2D eigenvalue weighted by Gasteiger charge is -2.30. The fraction of sp³-hybridized carbons (Fsp3) is 0.524. The summed E-state index contributed by atoms with van der Waals surface area (Å²) in [5, 5.41) is 25.8. The van der Waals surface area contributed by atoms with Crippen molar-refractivity contribution >= 4 is 33.7 Å². The number of nitriles is 1. The van der Waals surface area contributed by atoms with Gasteiger partial charge in [-0.3, -0.25) is 23.9 Å². The van der Waals surface area contributed by atoms with Gasteiger partial charge in [-0.25, -0.2) is 27.1 Å². The number of halogens is 2. The first kappa shape index (κ1) is 48.1. The van der Waals surface area contributed by atoms with Crippen LogP contribution in [0.5, 0.6) is 5.75 Å². The third-order valence-electron chi connectivity index (χ3n) is 10.3. The highest BCUT2D eigenvalue weighted by atomic mass is 32.2. The van der Waals surface area contributed by atoms with Crippen LogP contribution in [-0.2, 0) is 49.2 Å². The number of nitrogens with two attached hydrogens (primary N) is 1. The molecule has 2 atom stereocenters. The predicted molar refractivity (Wildman–Crippen MR) is 231 cm³/mol. The number of nitrogens with one attached hydrogen (secondary N) is 2. The lowest BCUT2D eigenvalue weighted by atomic mass is 9.92. The van der Waals surface area contributed by atoms with Crippen molar-refractivity contribution in [3.05, 3.63) is 81.7 Å². The maximum atomic E-state index is 14.1. The Kier molecular flexibility index (Phi) is 17.5. The molecule has 4 heterocycles. The number of hydrogen-bond donors (Lipinski definition) is 3. The number of aromatic nitrogens is 4. The van der Waals surface area contributed by atoms with Gasteiger partial charge in [0.05, 0.1) is 11.4 Å². The number of nitrogens with zero attached hydrogens (tertiary/aromatic N) is 7. The molecule has 14 nitrogen and oxygen atoms in total. The molecule has 0 spiro atoms. The molecule has 4 aromatic rings. The number of urea groups is 1. The van der Waals surface area contributed by atoms with Crippen molar-refractivity contribution in [1.82, 2.24) is 34.1 Å².